The lowest BCUT2D eigenvalue weighted by molar-refractivity contribution is -0.128. The molecule has 30 heavy (non-hydrogen) atoms. The lowest BCUT2D eigenvalue weighted by Crippen LogP contribution is -2.27. The molecular weight excluding hydrogens is 439 g/mol. The van der Waals surface area contributed by atoms with Gasteiger partial charge in [0.1, 0.15) is 5.37 Å². The second-order valence-corrected chi connectivity index (χ2v) is 8.73. The first kappa shape index (κ1) is 20.8. The average molecular weight is 457 g/mol. The van der Waals surface area contributed by atoms with Gasteiger partial charge in [0.2, 0.25) is 5.91 Å². The molecule has 0 spiro atoms. The Kier molecular flexibility index (Phi) is 6.32. The zero-order valence-corrected chi connectivity index (χ0v) is 18.2. The molecule has 4 nitrogen and oxygen atoms in total. The number of amides is 2. The van der Waals surface area contributed by atoms with Crippen LogP contribution in [-0.2, 0) is 11.3 Å². The molecule has 3 aromatic rings. The molecule has 1 atom stereocenters. The molecule has 0 unspecified atom stereocenters. The minimum absolute atomic E-state index is 0.0761. The van der Waals surface area contributed by atoms with E-state index in [4.69, 9.17) is 23.2 Å². The number of hydrogen-bond acceptors (Lipinski definition) is 3. The molecule has 0 saturated carbocycles. The summed E-state index contributed by atoms with van der Waals surface area (Å²) in [5, 5.41) is 3.44. The molecule has 4 rings (SSSR count). The first-order chi connectivity index (χ1) is 14.5. The fourth-order valence-corrected chi connectivity index (χ4v) is 4.96. The van der Waals surface area contributed by atoms with Crippen molar-refractivity contribution in [2.75, 3.05) is 11.1 Å². The third-order valence-electron chi connectivity index (χ3n) is 4.82. The van der Waals surface area contributed by atoms with Gasteiger partial charge in [-0.2, -0.15) is 0 Å². The van der Waals surface area contributed by atoms with Crippen LogP contribution in [0.1, 0.15) is 26.9 Å². The molecule has 2 amide bonds. The third kappa shape index (κ3) is 4.48. The topological polar surface area (TPSA) is 49.4 Å². The second-order valence-electron chi connectivity index (χ2n) is 6.84. The number of carbonyl (C=O) groups is 2. The fourth-order valence-electron chi connectivity index (χ4n) is 3.28. The highest BCUT2D eigenvalue weighted by Gasteiger charge is 2.32. The maximum atomic E-state index is 12.6. The molecule has 1 aliphatic rings. The minimum Gasteiger partial charge on any atom is -0.322 e. The quantitative estimate of drug-likeness (QED) is 0.510. The van der Waals surface area contributed by atoms with Crippen LogP contribution in [0.3, 0.4) is 0 Å². The number of carbonyl (C=O) groups excluding carboxylic acids is 2. The number of thioether (sulfide) groups is 1. The molecule has 0 aliphatic carbocycles. The molecule has 1 heterocycles. The predicted octanol–water partition coefficient (Wildman–Crippen LogP) is 6.02. The van der Waals surface area contributed by atoms with Crippen LogP contribution in [-0.4, -0.2) is 22.5 Å². The summed E-state index contributed by atoms with van der Waals surface area (Å²) < 4.78 is 0. The van der Waals surface area contributed by atoms with Crippen LogP contribution in [0.5, 0.6) is 0 Å². The standard InChI is InChI=1S/C23H18Cl2N2O2S/c24-18-7-4-8-19(25)21(18)26-22(29)16-9-11-17(12-10-16)23-27(20(28)14-30-23)13-15-5-2-1-3-6-15/h1-12,23H,13-14H2,(H,26,29)/t23-/m1/s1. The Labute approximate surface area is 189 Å². The summed E-state index contributed by atoms with van der Waals surface area (Å²) in [6.45, 7) is 0.560. The predicted molar refractivity (Wildman–Crippen MR) is 123 cm³/mol. The molecule has 152 valence electrons. The van der Waals surface area contributed by atoms with Gasteiger partial charge in [-0.3, -0.25) is 9.59 Å². The van der Waals surface area contributed by atoms with Crippen LogP contribution in [0, 0.1) is 0 Å². The van der Waals surface area contributed by atoms with Gasteiger partial charge < -0.3 is 10.2 Å². The van der Waals surface area contributed by atoms with Crippen molar-refractivity contribution in [1.29, 1.82) is 0 Å². The Morgan fingerprint density at radius 2 is 1.63 bits per heavy atom. The van der Waals surface area contributed by atoms with E-state index < -0.39 is 0 Å². The number of rotatable bonds is 5. The number of nitrogens with zero attached hydrogens (tertiary/aromatic N) is 1. The Balaban J connectivity index is 1.50. The fraction of sp³-hybridized carbons (Fsp3) is 0.130. The Hall–Kier alpha value is -2.47. The lowest BCUT2D eigenvalue weighted by Gasteiger charge is -2.24. The van der Waals surface area contributed by atoms with E-state index in [1.54, 1.807) is 42.1 Å². The zero-order valence-electron chi connectivity index (χ0n) is 15.8. The van der Waals surface area contributed by atoms with Crippen molar-refractivity contribution in [3.63, 3.8) is 0 Å². The summed E-state index contributed by atoms with van der Waals surface area (Å²) in [6, 6.07) is 22.3. The van der Waals surface area contributed by atoms with Gasteiger partial charge in [0.25, 0.3) is 5.91 Å². The molecule has 1 saturated heterocycles. The highest BCUT2D eigenvalue weighted by atomic mass is 35.5. The van der Waals surface area contributed by atoms with Crippen LogP contribution < -0.4 is 5.32 Å². The number of benzene rings is 3. The number of anilines is 1. The molecule has 1 fully saturated rings. The van der Waals surface area contributed by atoms with Crippen molar-refractivity contribution in [3.8, 4) is 0 Å². The van der Waals surface area contributed by atoms with E-state index in [9.17, 15) is 9.59 Å². The second kappa shape index (κ2) is 9.13. The summed E-state index contributed by atoms with van der Waals surface area (Å²) >= 11 is 13.9. The number of nitrogens with one attached hydrogen (secondary N) is 1. The van der Waals surface area contributed by atoms with E-state index >= 15 is 0 Å². The maximum absolute atomic E-state index is 12.6. The summed E-state index contributed by atoms with van der Waals surface area (Å²) in [4.78, 5) is 26.9. The highest BCUT2D eigenvalue weighted by molar-refractivity contribution is 8.00. The van der Waals surface area contributed by atoms with Crippen molar-refractivity contribution < 1.29 is 9.59 Å². The molecule has 0 bridgehead atoms. The van der Waals surface area contributed by atoms with E-state index in [2.05, 4.69) is 5.32 Å². The monoisotopic (exact) mass is 456 g/mol. The van der Waals surface area contributed by atoms with Gasteiger partial charge in [-0.15, -0.1) is 11.8 Å². The SMILES string of the molecule is O=C(Nc1c(Cl)cccc1Cl)c1ccc([C@H]2SCC(=O)N2Cc2ccccc2)cc1. The van der Waals surface area contributed by atoms with E-state index in [1.807, 2.05) is 47.4 Å². The summed E-state index contributed by atoms with van der Waals surface area (Å²) in [7, 11) is 0. The third-order valence-corrected chi connectivity index (χ3v) is 6.71. The average Bonchev–Trinajstić information content (AvgIpc) is 3.12. The van der Waals surface area contributed by atoms with E-state index in [0.29, 0.717) is 33.6 Å². The van der Waals surface area contributed by atoms with Crippen LogP contribution in [0.15, 0.2) is 72.8 Å². The van der Waals surface area contributed by atoms with Crippen molar-refractivity contribution in [3.05, 3.63) is 99.5 Å². The van der Waals surface area contributed by atoms with Crippen molar-refractivity contribution >= 4 is 52.5 Å². The molecule has 0 radical (unpaired) electrons. The van der Waals surface area contributed by atoms with Gasteiger partial charge in [0, 0.05) is 12.1 Å². The smallest absolute Gasteiger partial charge is 0.255 e. The Bertz CT molecular complexity index is 1050. The number of para-hydroxylation sites is 1. The molecule has 3 aromatic carbocycles. The van der Waals surface area contributed by atoms with Crippen molar-refractivity contribution in [1.82, 2.24) is 4.90 Å². The largest absolute Gasteiger partial charge is 0.322 e. The first-order valence-corrected chi connectivity index (χ1v) is 11.1. The summed E-state index contributed by atoms with van der Waals surface area (Å²) in [6.07, 6.45) is 0. The van der Waals surface area contributed by atoms with E-state index in [0.717, 1.165) is 11.1 Å². The molecule has 1 aliphatic heterocycles. The van der Waals surface area contributed by atoms with Crippen LogP contribution in [0.4, 0.5) is 5.69 Å². The van der Waals surface area contributed by atoms with Crippen LogP contribution in [0.25, 0.3) is 0 Å². The highest BCUT2D eigenvalue weighted by Crippen LogP contribution is 2.39. The number of halogens is 2. The van der Waals surface area contributed by atoms with Crippen molar-refractivity contribution in [2.24, 2.45) is 0 Å². The van der Waals surface area contributed by atoms with Gasteiger partial charge in [0.15, 0.2) is 0 Å². The lowest BCUT2D eigenvalue weighted by atomic mass is 10.1. The Morgan fingerprint density at radius 3 is 2.30 bits per heavy atom. The minimum atomic E-state index is -0.298. The maximum Gasteiger partial charge on any atom is 0.255 e. The van der Waals surface area contributed by atoms with Gasteiger partial charge in [-0.05, 0) is 35.4 Å². The van der Waals surface area contributed by atoms with E-state index in [1.165, 1.54) is 0 Å². The summed E-state index contributed by atoms with van der Waals surface area (Å²) in [5.41, 5.74) is 2.94. The zero-order chi connectivity index (χ0) is 21.1. The molecule has 0 aromatic heterocycles. The van der Waals surface area contributed by atoms with Crippen LogP contribution >= 0.6 is 35.0 Å². The van der Waals surface area contributed by atoms with Crippen LogP contribution in [0.2, 0.25) is 10.0 Å². The van der Waals surface area contributed by atoms with Gasteiger partial charge >= 0.3 is 0 Å². The first-order valence-electron chi connectivity index (χ1n) is 9.33. The molecule has 7 heteroatoms. The molecule has 1 N–H and O–H groups in total. The number of hydrogen-bond donors (Lipinski definition) is 1. The van der Waals surface area contributed by atoms with Gasteiger partial charge in [-0.25, -0.2) is 0 Å². The van der Waals surface area contributed by atoms with E-state index in [-0.39, 0.29) is 17.2 Å². The molecular formula is C23H18Cl2N2O2S. The van der Waals surface area contributed by atoms with Crippen molar-refractivity contribution in [2.45, 2.75) is 11.9 Å². The van der Waals surface area contributed by atoms with Gasteiger partial charge in [0.05, 0.1) is 21.5 Å². The Morgan fingerprint density at radius 1 is 0.967 bits per heavy atom. The van der Waals surface area contributed by atoms with Gasteiger partial charge in [-0.1, -0.05) is 71.7 Å². The summed E-state index contributed by atoms with van der Waals surface area (Å²) in [5.74, 6) is 0.266. The normalized spacial score (nSPS) is 16.0.